The molecular weight excluding hydrogens is 238 g/mol. The highest BCUT2D eigenvalue weighted by Gasteiger charge is 2.13. The minimum absolute atomic E-state index is 0.00349. The molecule has 0 fully saturated rings. The fourth-order valence-electron chi connectivity index (χ4n) is 1.44. The predicted octanol–water partition coefficient (Wildman–Crippen LogP) is 0.225. The van der Waals surface area contributed by atoms with Crippen molar-refractivity contribution in [3.63, 3.8) is 0 Å². The highest BCUT2D eigenvalue weighted by Crippen LogP contribution is 2.27. The molecule has 0 aromatic heterocycles. The summed E-state index contributed by atoms with van der Waals surface area (Å²) in [6.45, 7) is 0.450. The molecule has 0 bridgehead atoms. The van der Waals surface area contributed by atoms with Gasteiger partial charge >= 0.3 is 0 Å². The zero-order chi connectivity index (χ0) is 13.5. The summed E-state index contributed by atoms with van der Waals surface area (Å²) >= 11 is 0. The number of nitrogens with one attached hydrogen (secondary N) is 1. The van der Waals surface area contributed by atoms with E-state index >= 15 is 0 Å². The summed E-state index contributed by atoms with van der Waals surface area (Å²) in [4.78, 5) is 11.7. The molecule has 0 saturated carbocycles. The Morgan fingerprint density at radius 2 is 2.17 bits per heavy atom. The molecule has 0 saturated heterocycles. The van der Waals surface area contributed by atoms with Gasteiger partial charge in [-0.25, -0.2) is 0 Å². The van der Waals surface area contributed by atoms with Crippen molar-refractivity contribution in [3.05, 3.63) is 23.8 Å². The molecule has 0 aliphatic carbocycles. The lowest BCUT2D eigenvalue weighted by molar-refractivity contribution is 0.0587. The topological polar surface area (TPSA) is 99.0 Å². The average Bonchev–Trinajstić information content (AvgIpc) is 2.33. The maximum absolute atomic E-state index is 11.7. The molecule has 18 heavy (non-hydrogen) atoms. The molecule has 1 amide bonds. The lowest BCUT2D eigenvalue weighted by Gasteiger charge is -2.11. The highest BCUT2D eigenvalue weighted by atomic mass is 16.5. The smallest absolute Gasteiger partial charge is 0.255 e. The Bertz CT molecular complexity index is 407. The van der Waals surface area contributed by atoms with Gasteiger partial charge < -0.3 is 25.4 Å². The van der Waals surface area contributed by atoms with E-state index in [9.17, 15) is 20.1 Å². The van der Waals surface area contributed by atoms with E-state index in [1.807, 2.05) is 0 Å². The van der Waals surface area contributed by atoms with E-state index in [2.05, 4.69) is 5.32 Å². The third kappa shape index (κ3) is 3.90. The molecule has 6 nitrogen and oxygen atoms in total. The van der Waals surface area contributed by atoms with Crippen LogP contribution in [0.3, 0.4) is 0 Å². The molecule has 1 aromatic carbocycles. The second-order valence-corrected chi connectivity index (χ2v) is 3.83. The Morgan fingerprint density at radius 3 is 2.83 bits per heavy atom. The lowest BCUT2D eigenvalue weighted by Crippen LogP contribution is -2.28. The summed E-state index contributed by atoms with van der Waals surface area (Å²) in [6.07, 6.45) is -0.299. The number of methoxy groups -OCH3 is 1. The quantitative estimate of drug-likeness (QED) is 0.545. The van der Waals surface area contributed by atoms with Crippen LogP contribution in [0.1, 0.15) is 16.8 Å². The summed E-state index contributed by atoms with van der Waals surface area (Å²) in [5, 5.41) is 30.6. The largest absolute Gasteiger partial charge is 0.504 e. The molecule has 6 heteroatoms. The van der Waals surface area contributed by atoms with Crippen molar-refractivity contribution in [1.29, 1.82) is 0 Å². The van der Waals surface area contributed by atoms with Crippen LogP contribution in [0.5, 0.6) is 11.5 Å². The first kappa shape index (κ1) is 14.3. The number of aromatic hydroxyl groups is 2. The molecule has 1 atom stereocenters. The van der Waals surface area contributed by atoms with E-state index in [1.165, 1.54) is 25.3 Å². The van der Waals surface area contributed by atoms with Gasteiger partial charge in [-0.15, -0.1) is 0 Å². The number of para-hydroxylation sites is 1. The molecule has 100 valence electrons. The number of amides is 1. The summed E-state index contributed by atoms with van der Waals surface area (Å²) < 4.78 is 4.74. The molecule has 0 aliphatic rings. The van der Waals surface area contributed by atoms with Crippen LogP contribution in [-0.4, -0.2) is 47.6 Å². The molecule has 1 rings (SSSR count). The second-order valence-electron chi connectivity index (χ2n) is 3.83. The maximum atomic E-state index is 11.7. The number of hydrogen-bond donors (Lipinski definition) is 4. The summed E-state index contributed by atoms with van der Waals surface area (Å²) in [7, 11) is 1.48. The van der Waals surface area contributed by atoms with Crippen molar-refractivity contribution in [3.8, 4) is 11.5 Å². The van der Waals surface area contributed by atoms with Crippen molar-refractivity contribution in [2.75, 3.05) is 20.3 Å². The molecule has 0 heterocycles. The third-order valence-electron chi connectivity index (χ3n) is 2.38. The van der Waals surface area contributed by atoms with Gasteiger partial charge in [0.05, 0.1) is 18.3 Å². The van der Waals surface area contributed by atoms with Crippen molar-refractivity contribution in [2.24, 2.45) is 0 Å². The number of phenolic OH excluding ortho intramolecular Hbond substituents is 2. The number of aliphatic hydroxyl groups excluding tert-OH is 1. The zero-order valence-corrected chi connectivity index (χ0v) is 10.1. The van der Waals surface area contributed by atoms with Crippen molar-refractivity contribution in [2.45, 2.75) is 12.5 Å². The van der Waals surface area contributed by atoms with Crippen molar-refractivity contribution < 1.29 is 24.9 Å². The number of ether oxygens (including phenoxy) is 1. The van der Waals surface area contributed by atoms with Crippen LogP contribution >= 0.6 is 0 Å². The summed E-state index contributed by atoms with van der Waals surface area (Å²) in [6, 6.07) is 4.15. The number of phenols is 2. The summed E-state index contributed by atoms with van der Waals surface area (Å²) in [5.74, 6) is -1.30. The van der Waals surface area contributed by atoms with Gasteiger partial charge in [0.25, 0.3) is 5.91 Å². The van der Waals surface area contributed by atoms with Crippen LogP contribution in [0, 0.1) is 0 Å². The van der Waals surface area contributed by atoms with Gasteiger partial charge in [-0.3, -0.25) is 4.79 Å². The van der Waals surface area contributed by atoms with Crippen molar-refractivity contribution in [1.82, 2.24) is 5.32 Å². The Labute approximate surface area is 105 Å². The van der Waals surface area contributed by atoms with Gasteiger partial charge in [-0.1, -0.05) is 6.07 Å². The predicted molar refractivity (Wildman–Crippen MR) is 64.6 cm³/mol. The lowest BCUT2D eigenvalue weighted by atomic mass is 10.1. The first-order chi connectivity index (χ1) is 8.56. The van der Waals surface area contributed by atoms with Gasteiger partial charge in [0, 0.05) is 13.7 Å². The van der Waals surface area contributed by atoms with Gasteiger partial charge in [0.15, 0.2) is 11.5 Å². The maximum Gasteiger partial charge on any atom is 0.255 e. The van der Waals surface area contributed by atoms with Gasteiger partial charge in [0.2, 0.25) is 0 Å². The van der Waals surface area contributed by atoms with Gasteiger partial charge in [0.1, 0.15) is 0 Å². The van der Waals surface area contributed by atoms with E-state index in [-0.39, 0.29) is 24.5 Å². The number of benzene rings is 1. The van der Waals surface area contributed by atoms with Crippen LogP contribution in [0.4, 0.5) is 0 Å². The van der Waals surface area contributed by atoms with Crippen LogP contribution in [0.25, 0.3) is 0 Å². The van der Waals surface area contributed by atoms with E-state index < -0.39 is 17.8 Å². The molecule has 0 radical (unpaired) electrons. The number of hydrogen-bond acceptors (Lipinski definition) is 5. The van der Waals surface area contributed by atoms with Gasteiger partial charge in [-0.2, -0.15) is 0 Å². The van der Waals surface area contributed by atoms with Crippen LogP contribution in [-0.2, 0) is 4.74 Å². The molecule has 0 aliphatic heterocycles. The fraction of sp³-hybridized carbons (Fsp3) is 0.417. The number of carbonyl (C=O) groups is 1. The number of rotatable bonds is 6. The molecular formula is C12H17NO5. The number of aliphatic hydroxyl groups is 1. The Balaban J connectivity index is 2.48. The normalized spacial score (nSPS) is 12.1. The SMILES string of the molecule is COCC(O)CCNC(=O)c1cccc(O)c1O. The highest BCUT2D eigenvalue weighted by molar-refractivity contribution is 5.97. The minimum Gasteiger partial charge on any atom is -0.504 e. The van der Waals surface area contributed by atoms with E-state index in [0.717, 1.165) is 0 Å². The molecule has 1 unspecified atom stereocenters. The monoisotopic (exact) mass is 255 g/mol. The first-order valence-electron chi connectivity index (χ1n) is 5.52. The minimum atomic E-state index is -0.645. The van der Waals surface area contributed by atoms with Crippen molar-refractivity contribution >= 4 is 5.91 Å². The van der Waals surface area contributed by atoms with Gasteiger partial charge in [-0.05, 0) is 18.6 Å². The second kappa shape index (κ2) is 6.83. The Hall–Kier alpha value is -1.79. The van der Waals surface area contributed by atoms with E-state index in [0.29, 0.717) is 6.42 Å². The van der Waals surface area contributed by atoms with Crippen LogP contribution in [0.15, 0.2) is 18.2 Å². The molecule has 1 aromatic rings. The summed E-state index contributed by atoms with van der Waals surface area (Å²) in [5.41, 5.74) is -0.00349. The zero-order valence-electron chi connectivity index (χ0n) is 10.1. The van der Waals surface area contributed by atoms with E-state index in [1.54, 1.807) is 0 Å². The average molecular weight is 255 g/mol. The van der Waals surface area contributed by atoms with E-state index in [4.69, 9.17) is 4.74 Å². The van der Waals surface area contributed by atoms with Crippen LogP contribution in [0.2, 0.25) is 0 Å². The Morgan fingerprint density at radius 1 is 1.44 bits per heavy atom. The fourth-order valence-corrected chi connectivity index (χ4v) is 1.44. The standard InChI is InChI=1S/C12H17NO5/c1-18-7-8(14)5-6-13-12(17)9-3-2-4-10(15)11(9)16/h2-4,8,14-16H,5-7H2,1H3,(H,13,17). The Kier molecular flexibility index (Phi) is 5.41. The third-order valence-corrected chi connectivity index (χ3v) is 2.38. The van der Waals surface area contributed by atoms with Crippen LogP contribution < -0.4 is 5.32 Å². The first-order valence-corrected chi connectivity index (χ1v) is 5.52. The molecule has 0 spiro atoms. The molecule has 4 N–H and O–H groups in total. The number of carbonyl (C=O) groups excluding carboxylic acids is 1.